The standard InChI is InChI=1S/C12H12F2N2S/c1-15-11(12-6-16-7-17-12)4-8-2-3-9(13)5-10(8)14/h2-3,5-7,11,15H,4H2,1H3. The number of hydrogen-bond donors (Lipinski definition) is 1. The van der Waals surface area contributed by atoms with Crippen LogP contribution in [0.25, 0.3) is 0 Å². The zero-order chi connectivity index (χ0) is 12.3. The predicted octanol–water partition coefficient (Wildman–Crippen LogP) is 2.92. The Labute approximate surface area is 102 Å². The van der Waals surface area contributed by atoms with Crippen LogP contribution in [0.15, 0.2) is 29.9 Å². The van der Waals surface area contributed by atoms with Crippen molar-refractivity contribution in [3.8, 4) is 0 Å². The quantitative estimate of drug-likeness (QED) is 0.907. The molecule has 0 aliphatic heterocycles. The van der Waals surface area contributed by atoms with Crippen LogP contribution in [-0.2, 0) is 6.42 Å². The minimum Gasteiger partial charge on any atom is -0.312 e. The van der Waals surface area contributed by atoms with E-state index in [4.69, 9.17) is 0 Å². The molecule has 5 heteroatoms. The third-order valence-corrected chi connectivity index (χ3v) is 3.47. The van der Waals surface area contributed by atoms with E-state index in [2.05, 4.69) is 10.3 Å². The van der Waals surface area contributed by atoms with E-state index in [0.717, 1.165) is 10.9 Å². The molecule has 1 aromatic carbocycles. The van der Waals surface area contributed by atoms with E-state index in [0.29, 0.717) is 12.0 Å². The number of rotatable bonds is 4. The van der Waals surface area contributed by atoms with Crippen LogP contribution < -0.4 is 5.32 Å². The molecule has 0 fully saturated rings. The summed E-state index contributed by atoms with van der Waals surface area (Å²) in [7, 11) is 1.81. The van der Waals surface area contributed by atoms with Gasteiger partial charge in [-0.05, 0) is 25.1 Å². The second-order valence-electron chi connectivity index (χ2n) is 3.68. The van der Waals surface area contributed by atoms with E-state index in [-0.39, 0.29) is 6.04 Å². The van der Waals surface area contributed by atoms with Gasteiger partial charge in [-0.3, -0.25) is 4.98 Å². The second kappa shape index (κ2) is 5.33. The van der Waals surface area contributed by atoms with Gasteiger partial charge in [-0.25, -0.2) is 8.78 Å². The molecule has 0 bridgehead atoms. The first-order valence-electron chi connectivity index (χ1n) is 5.20. The highest BCUT2D eigenvalue weighted by molar-refractivity contribution is 7.09. The Morgan fingerprint density at radius 2 is 2.24 bits per heavy atom. The SMILES string of the molecule is CNC(Cc1ccc(F)cc1F)c1cncs1. The molecule has 0 amide bonds. The van der Waals surface area contributed by atoms with Gasteiger partial charge in [0.15, 0.2) is 0 Å². The summed E-state index contributed by atoms with van der Waals surface area (Å²) >= 11 is 1.51. The lowest BCUT2D eigenvalue weighted by molar-refractivity contribution is 0.544. The van der Waals surface area contributed by atoms with Gasteiger partial charge < -0.3 is 5.32 Å². The number of nitrogens with one attached hydrogen (secondary N) is 1. The highest BCUT2D eigenvalue weighted by Crippen LogP contribution is 2.22. The van der Waals surface area contributed by atoms with Gasteiger partial charge in [-0.2, -0.15) is 0 Å². The topological polar surface area (TPSA) is 24.9 Å². The fourth-order valence-corrected chi connectivity index (χ4v) is 2.38. The lowest BCUT2D eigenvalue weighted by atomic mass is 10.0. The smallest absolute Gasteiger partial charge is 0.129 e. The molecule has 0 aliphatic carbocycles. The second-order valence-corrected chi connectivity index (χ2v) is 4.60. The number of thiazole rings is 1. The largest absolute Gasteiger partial charge is 0.312 e. The molecule has 2 rings (SSSR count). The molecule has 0 saturated heterocycles. The molecular formula is C12H12F2N2S. The van der Waals surface area contributed by atoms with Crippen molar-refractivity contribution >= 4 is 11.3 Å². The van der Waals surface area contributed by atoms with Gasteiger partial charge in [0.2, 0.25) is 0 Å². The normalized spacial score (nSPS) is 12.6. The summed E-state index contributed by atoms with van der Waals surface area (Å²) in [6, 6.07) is 3.67. The molecule has 0 spiro atoms. The maximum Gasteiger partial charge on any atom is 0.129 e. The van der Waals surface area contributed by atoms with E-state index < -0.39 is 11.6 Å². The van der Waals surface area contributed by atoms with Gasteiger partial charge in [-0.1, -0.05) is 6.07 Å². The Morgan fingerprint density at radius 3 is 2.82 bits per heavy atom. The van der Waals surface area contributed by atoms with Crippen LogP contribution in [0.1, 0.15) is 16.5 Å². The fourth-order valence-electron chi connectivity index (χ4n) is 1.65. The van der Waals surface area contributed by atoms with E-state index in [1.807, 2.05) is 7.05 Å². The number of nitrogens with zero attached hydrogens (tertiary/aromatic N) is 1. The first-order valence-corrected chi connectivity index (χ1v) is 6.08. The molecule has 0 radical (unpaired) electrons. The van der Waals surface area contributed by atoms with E-state index >= 15 is 0 Å². The molecule has 0 saturated carbocycles. The van der Waals surface area contributed by atoms with Crippen LogP contribution in [-0.4, -0.2) is 12.0 Å². The van der Waals surface area contributed by atoms with Crippen molar-refractivity contribution in [2.24, 2.45) is 0 Å². The minimum atomic E-state index is -0.551. The first-order chi connectivity index (χ1) is 8.20. The van der Waals surface area contributed by atoms with E-state index in [1.165, 1.54) is 23.5 Å². The summed E-state index contributed by atoms with van der Waals surface area (Å²) in [5.74, 6) is -1.06. The van der Waals surface area contributed by atoms with E-state index in [1.54, 1.807) is 11.7 Å². The number of likely N-dealkylation sites (N-methyl/N-ethyl adjacent to an activating group) is 1. The predicted molar refractivity (Wildman–Crippen MR) is 64.0 cm³/mol. The minimum absolute atomic E-state index is 0.00228. The average Bonchev–Trinajstić information content (AvgIpc) is 2.81. The average molecular weight is 254 g/mol. The summed E-state index contributed by atoms with van der Waals surface area (Å²) in [5.41, 5.74) is 2.24. The number of aromatic nitrogens is 1. The summed E-state index contributed by atoms with van der Waals surface area (Å²) in [4.78, 5) is 5.03. The molecule has 1 atom stereocenters. The van der Waals surface area contributed by atoms with Crippen molar-refractivity contribution < 1.29 is 8.78 Å². The Morgan fingerprint density at radius 1 is 1.41 bits per heavy atom. The maximum atomic E-state index is 13.5. The highest BCUT2D eigenvalue weighted by atomic mass is 32.1. The summed E-state index contributed by atoms with van der Waals surface area (Å²) in [6.07, 6.45) is 2.23. The van der Waals surface area contributed by atoms with Crippen molar-refractivity contribution in [1.29, 1.82) is 0 Å². The molecule has 2 aromatic rings. The fraction of sp³-hybridized carbons (Fsp3) is 0.250. The molecule has 90 valence electrons. The van der Waals surface area contributed by atoms with Crippen LogP contribution in [0.3, 0.4) is 0 Å². The Kier molecular flexibility index (Phi) is 3.81. The third-order valence-electron chi connectivity index (χ3n) is 2.58. The van der Waals surface area contributed by atoms with Crippen molar-refractivity contribution in [3.63, 3.8) is 0 Å². The van der Waals surface area contributed by atoms with Crippen molar-refractivity contribution in [1.82, 2.24) is 10.3 Å². The number of halogens is 2. The van der Waals surface area contributed by atoms with Gasteiger partial charge in [0.05, 0.1) is 5.51 Å². The molecular weight excluding hydrogens is 242 g/mol. The van der Waals surface area contributed by atoms with Crippen molar-refractivity contribution in [2.75, 3.05) is 7.05 Å². The van der Waals surface area contributed by atoms with Gasteiger partial charge in [0.1, 0.15) is 11.6 Å². The Balaban J connectivity index is 2.19. The Bertz CT molecular complexity index is 485. The first kappa shape index (κ1) is 12.1. The van der Waals surface area contributed by atoms with Crippen molar-refractivity contribution in [2.45, 2.75) is 12.5 Å². The van der Waals surface area contributed by atoms with Crippen LogP contribution in [0.2, 0.25) is 0 Å². The lowest BCUT2D eigenvalue weighted by Gasteiger charge is -2.14. The number of benzene rings is 1. The summed E-state index contributed by atoms with van der Waals surface area (Å²) < 4.78 is 26.3. The molecule has 1 unspecified atom stereocenters. The van der Waals surface area contributed by atoms with Crippen LogP contribution in [0, 0.1) is 11.6 Å². The van der Waals surface area contributed by atoms with Crippen LogP contribution in [0.5, 0.6) is 0 Å². The molecule has 1 heterocycles. The lowest BCUT2D eigenvalue weighted by Crippen LogP contribution is -2.18. The van der Waals surface area contributed by atoms with Gasteiger partial charge in [0.25, 0.3) is 0 Å². The highest BCUT2D eigenvalue weighted by Gasteiger charge is 2.14. The summed E-state index contributed by atoms with van der Waals surface area (Å²) in [6.45, 7) is 0. The molecule has 0 aliphatic rings. The monoisotopic (exact) mass is 254 g/mol. The van der Waals surface area contributed by atoms with E-state index in [9.17, 15) is 8.78 Å². The molecule has 17 heavy (non-hydrogen) atoms. The van der Waals surface area contributed by atoms with Gasteiger partial charge in [-0.15, -0.1) is 11.3 Å². The van der Waals surface area contributed by atoms with Crippen LogP contribution >= 0.6 is 11.3 Å². The van der Waals surface area contributed by atoms with Gasteiger partial charge >= 0.3 is 0 Å². The Hall–Kier alpha value is -1.33. The maximum absolute atomic E-state index is 13.5. The third kappa shape index (κ3) is 2.87. The molecule has 2 nitrogen and oxygen atoms in total. The van der Waals surface area contributed by atoms with Crippen molar-refractivity contribution in [3.05, 3.63) is 52.0 Å². The molecule has 1 aromatic heterocycles. The molecule has 1 N–H and O–H groups in total. The number of hydrogen-bond acceptors (Lipinski definition) is 3. The zero-order valence-corrected chi connectivity index (χ0v) is 10.1. The zero-order valence-electron chi connectivity index (χ0n) is 9.28. The van der Waals surface area contributed by atoms with Gasteiger partial charge in [0, 0.05) is 23.2 Å². The summed E-state index contributed by atoms with van der Waals surface area (Å²) in [5, 5.41) is 3.10. The van der Waals surface area contributed by atoms with Crippen LogP contribution in [0.4, 0.5) is 8.78 Å².